The highest BCUT2D eigenvalue weighted by atomic mass is 32.1. The van der Waals surface area contributed by atoms with Crippen LogP contribution in [0.25, 0.3) is 38.3 Å². The summed E-state index contributed by atoms with van der Waals surface area (Å²) < 4.78 is 2.31. The molecule has 2 aromatic heterocycles. The van der Waals surface area contributed by atoms with Gasteiger partial charge in [0.2, 0.25) is 0 Å². The Morgan fingerprint density at radius 2 is 1.84 bits per heavy atom. The zero-order valence-electron chi connectivity index (χ0n) is 17.9. The van der Waals surface area contributed by atoms with Crippen molar-refractivity contribution in [1.29, 1.82) is 5.26 Å². The maximum Gasteiger partial charge on any atom is 0.303 e. The largest absolute Gasteiger partial charge is 0.481 e. The molecule has 1 N–H and O–H groups in total. The lowest BCUT2D eigenvalue weighted by Crippen LogP contribution is -2.05. The molecule has 2 heterocycles. The van der Waals surface area contributed by atoms with Crippen LogP contribution in [-0.4, -0.2) is 21.4 Å². The van der Waals surface area contributed by atoms with Crippen molar-refractivity contribution in [2.45, 2.75) is 33.2 Å². The molecule has 6 heteroatoms. The number of ketones is 1. The molecule has 0 fully saturated rings. The quantitative estimate of drug-likeness (QED) is 0.273. The number of nitrogens with zero attached hydrogens (tertiary/aromatic N) is 2. The summed E-state index contributed by atoms with van der Waals surface area (Å²) in [5.74, 6) is -1.50. The Labute approximate surface area is 189 Å². The zero-order valence-corrected chi connectivity index (χ0v) is 18.7. The van der Waals surface area contributed by atoms with E-state index < -0.39 is 11.8 Å². The van der Waals surface area contributed by atoms with Gasteiger partial charge >= 0.3 is 5.97 Å². The highest BCUT2D eigenvalue weighted by molar-refractivity contribution is 7.16. The lowest BCUT2D eigenvalue weighted by atomic mass is 10.1. The lowest BCUT2D eigenvalue weighted by molar-refractivity contribution is -0.138. The minimum absolute atomic E-state index is 0.00998. The average molecular weight is 443 g/mol. The molecule has 2 aromatic carbocycles. The Hall–Kier alpha value is -3.69. The number of carbonyl (C=O) groups excluding carboxylic acids is 1. The van der Waals surface area contributed by atoms with Gasteiger partial charge in [-0.05, 0) is 55.3 Å². The molecule has 4 aromatic rings. The fourth-order valence-corrected chi connectivity index (χ4v) is 5.10. The molecule has 0 aliphatic rings. The van der Waals surface area contributed by atoms with E-state index in [1.54, 1.807) is 6.08 Å². The monoisotopic (exact) mass is 442 g/mol. The van der Waals surface area contributed by atoms with Crippen LogP contribution in [0.2, 0.25) is 0 Å². The maximum atomic E-state index is 12.2. The van der Waals surface area contributed by atoms with E-state index >= 15 is 0 Å². The van der Waals surface area contributed by atoms with Crippen LogP contribution in [0.4, 0.5) is 0 Å². The molecule has 0 spiro atoms. The summed E-state index contributed by atoms with van der Waals surface area (Å²) in [5, 5.41) is 20.6. The number of carbonyl (C=O) groups is 2. The van der Waals surface area contributed by atoms with Crippen molar-refractivity contribution in [3.63, 3.8) is 0 Å². The Morgan fingerprint density at radius 1 is 1.09 bits per heavy atom. The van der Waals surface area contributed by atoms with Crippen LogP contribution in [0.3, 0.4) is 0 Å². The molecular formula is C26H22N2O3S. The summed E-state index contributed by atoms with van der Waals surface area (Å²) in [4.78, 5) is 24.8. The third-order valence-corrected chi connectivity index (χ3v) is 6.82. The first-order valence-corrected chi connectivity index (χ1v) is 11.2. The topological polar surface area (TPSA) is 83.1 Å². The number of nitriles is 1. The van der Waals surface area contributed by atoms with Crippen molar-refractivity contribution >= 4 is 51.0 Å². The van der Waals surface area contributed by atoms with E-state index in [1.807, 2.05) is 13.0 Å². The molecule has 0 atom stereocenters. The van der Waals surface area contributed by atoms with Crippen LogP contribution >= 0.6 is 11.3 Å². The molecular weight excluding hydrogens is 420 g/mol. The number of para-hydroxylation sites is 1. The van der Waals surface area contributed by atoms with Gasteiger partial charge in [-0.15, -0.1) is 11.3 Å². The number of aromatic nitrogens is 1. The van der Waals surface area contributed by atoms with Crippen molar-refractivity contribution in [3.05, 3.63) is 64.5 Å². The molecule has 0 radical (unpaired) electrons. The SMILES string of the molecule is CCn1c2ccccc2c2cc(-c3cc(C)c(/C=C(\C#N)C(=O)CCC(=O)O)s3)ccc21. The molecule has 0 bridgehead atoms. The zero-order chi connectivity index (χ0) is 22.8. The first kappa shape index (κ1) is 21.5. The highest BCUT2D eigenvalue weighted by Crippen LogP contribution is 2.37. The number of thiophene rings is 1. The number of carboxylic acids is 1. The highest BCUT2D eigenvalue weighted by Gasteiger charge is 2.15. The standard InChI is InChI=1S/C26H22N2O3S/c1-3-28-21-7-5-4-6-19(21)20-13-17(8-9-22(20)28)25-12-16(2)24(32-25)14-18(15-27)23(29)10-11-26(30)31/h4-9,12-14H,3,10-11H2,1-2H3,(H,30,31)/b18-14+. The molecule has 0 aliphatic carbocycles. The number of rotatable bonds is 7. The van der Waals surface area contributed by atoms with Gasteiger partial charge in [0, 0.05) is 44.5 Å². The number of hydrogen-bond donors (Lipinski definition) is 1. The molecule has 160 valence electrons. The third kappa shape index (κ3) is 3.95. The number of carboxylic acid groups (broad SMARTS) is 1. The van der Waals surface area contributed by atoms with Crippen LogP contribution in [0.15, 0.2) is 54.1 Å². The van der Waals surface area contributed by atoms with Crippen molar-refractivity contribution in [1.82, 2.24) is 4.57 Å². The predicted octanol–water partition coefficient (Wildman–Crippen LogP) is 6.19. The number of Topliss-reactive ketones (excluding diaryl/α,β-unsaturated/α-hetero) is 1. The van der Waals surface area contributed by atoms with Crippen LogP contribution in [0.1, 0.15) is 30.2 Å². The first-order valence-electron chi connectivity index (χ1n) is 10.4. The van der Waals surface area contributed by atoms with Gasteiger partial charge in [-0.2, -0.15) is 5.26 Å². The summed E-state index contributed by atoms with van der Waals surface area (Å²) in [6.07, 6.45) is 1.12. The third-order valence-electron chi connectivity index (χ3n) is 5.59. The van der Waals surface area contributed by atoms with Crippen molar-refractivity contribution < 1.29 is 14.7 Å². The predicted molar refractivity (Wildman–Crippen MR) is 129 cm³/mol. The van der Waals surface area contributed by atoms with Crippen LogP contribution in [0, 0.1) is 18.3 Å². The molecule has 0 unspecified atom stereocenters. The molecule has 32 heavy (non-hydrogen) atoms. The second-order valence-electron chi connectivity index (χ2n) is 7.64. The summed E-state index contributed by atoms with van der Waals surface area (Å²) >= 11 is 1.52. The molecule has 0 aliphatic heterocycles. The van der Waals surface area contributed by atoms with E-state index in [1.165, 1.54) is 33.1 Å². The fourth-order valence-electron chi connectivity index (χ4n) is 3.99. The van der Waals surface area contributed by atoms with E-state index in [2.05, 4.69) is 60.0 Å². The smallest absolute Gasteiger partial charge is 0.303 e. The van der Waals surface area contributed by atoms with Gasteiger partial charge in [0.25, 0.3) is 0 Å². The number of aliphatic carboxylic acids is 1. The Bertz CT molecular complexity index is 1430. The second kappa shape index (κ2) is 8.81. The minimum Gasteiger partial charge on any atom is -0.481 e. The van der Waals surface area contributed by atoms with Crippen molar-refractivity contribution in [3.8, 4) is 16.5 Å². The van der Waals surface area contributed by atoms with Gasteiger partial charge in [0.15, 0.2) is 5.78 Å². The molecule has 5 nitrogen and oxygen atoms in total. The van der Waals surface area contributed by atoms with Crippen LogP contribution < -0.4 is 0 Å². The van der Waals surface area contributed by atoms with E-state index in [4.69, 9.17) is 5.11 Å². The van der Waals surface area contributed by atoms with Crippen LogP contribution in [-0.2, 0) is 16.1 Å². The maximum absolute atomic E-state index is 12.2. The number of hydrogen-bond acceptors (Lipinski definition) is 4. The second-order valence-corrected chi connectivity index (χ2v) is 8.72. The Balaban J connectivity index is 1.74. The van der Waals surface area contributed by atoms with E-state index in [-0.39, 0.29) is 18.4 Å². The van der Waals surface area contributed by atoms with Crippen molar-refractivity contribution in [2.24, 2.45) is 0 Å². The first-order chi connectivity index (χ1) is 15.4. The van der Waals surface area contributed by atoms with Crippen LogP contribution in [0.5, 0.6) is 0 Å². The number of fused-ring (bicyclic) bond motifs is 3. The number of benzene rings is 2. The normalized spacial score (nSPS) is 11.7. The average Bonchev–Trinajstić information content (AvgIpc) is 3.32. The summed E-state index contributed by atoms with van der Waals surface area (Å²) in [7, 11) is 0. The minimum atomic E-state index is -1.05. The Kier molecular flexibility index (Phi) is 5.93. The molecule has 0 saturated heterocycles. The van der Waals surface area contributed by atoms with Crippen molar-refractivity contribution in [2.75, 3.05) is 0 Å². The van der Waals surface area contributed by atoms with Gasteiger partial charge < -0.3 is 9.67 Å². The van der Waals surface area contributed by atoms with Gasteiger partial charge in [-0.25, -0.2) is 0 Å². The van der Waals surface area contributed by atoms with Gasteiger partial charge in [-0.3, -0.25) is 9.59 Å². The number of allylic oxidation sites excluding steroid dienone is 1. The van der Waals surface area contributed by atoms with E-state index in [0.717, 1.165) is 27.4 Å². The van der Waals surface area contributed by atoms with Gasteiger partial charge in [0.05, 0.1) is 12.0 Å². The fraction of sp³-hybridized carbons (Fsp3) is 0.192. The van der Waals surface area contributed by atoms with Gasteiger partial charge in [0.1, 0.15) is 6.07 Å². The van der Waals surface area contributed by atoms with E-state index in [0.29, 0.717) is 0 Å². The Morgan fingerprint density at radius 3 is 2.56 bits per heavy atom. The summed E-state index contributed by atoms with van der Waals surface area (Å²) in [6, 6.07) is 18.8. The number of aryl methyl sites for hydroxylation is 2. The molecule has 0 amide bonds. The van der Waals surface area contributed by atoms with E-state index in [9.17, 15) is 14.9 Å². The molecule has 4 rings (SSSR count). The summed E-state index contributed by atoms with van der Waals surface area (Å²) in [5.41, 5.74) is 4.46. The molecule has 0 saturated carbocycles. The lowest BCUT2D eigenvalue weighted by Gasteiger charge is -2.03. The van der Waals surface area contributed by atoms with Gasteiger partial charge in [-0.1, -0.05) is 24.3 Å². The summed E-state index contributed by atoms with van der Waals surface area (Å²) in [6.45, 7) is 4.98.